The molecule has 0 bridgehead atoms. The summed E-state index contributed by atoms with van der Waals surface area (Å²) in [7, 11) is 3.13. The first kappa shape index (κ1) is 21.4. The van der Waals surface area contributed by atoms with Gasteiger partial charge in [0.25, 0.3) is 5.91 Å². The van der Waals surface area contributed by atoms with Gasteiger partial charge in [-0.2, -0.15) is 0 Å². The van der Waals surface area contributed by atoms with Crippen molar-refractivity contribution in [2.45, 2.75) is 19.6 Å². The second-order valence-electron chi connectivity index (χ2n) is 6.94. The maximum Gasteiger partial charge on any atom is 0.255 e. The van der Waals surface area contributed by atoms with Crippen molar-refractivity contribution in [2.75, 3.05) is 19.5 Å². The lowest BCUT2D eigenvalue weighted by molar-refractivity contribution is -0.100. The van der Waals surface area contributed by atoms with Gasteiger partial charge in [-0.25, -0.2) is 0 Å². The topological polar surface area (TPSA) is 64.6 Å². The van der Waals surface area contributed by atoms with Crippen molar-refractivity contribution in [1.82, 2.24) is 0 Å². The van der Waals surface area contributed by atoms with Crippen molar-refractivity contribution in [2.24, 2.45) is 0 Å². The van der Waals surface area contributed by atoms with Gasteiger partial charge in [-0.05, 0) is 36.2 Å². The van der Waals surface area contributed by atoms with Gasteiger partial charge in [0.1, 0.15) is 0 Å². The molecule has 30 heavy (non-hydrogen) atoms. The number of anilines is 1. The number of ketones is 1. The number of hydrogen-bond donors (Lipinski definition) is 1. The molecular formula is C25H25NO4. The Morgan fingerprint density at radius 1 is 0.867 bits per heavy atom. The summed E-state index contributed by atoms with van der Waals surface area (Å²) in [6, 6.07) is 21.7. The summed E-state index contributed by atoms with van der Waals surface area (Å²) in [5, 5.41) is 2.95. The van der Waals surface area contributed by atoms with E-state index in [0.717, 1.165) is 11.1 Å². The molecule has 1 N–H and O–H groups in total. The van der Waals surface area contributed by atoms with Gasteiger partial charge < -0.3 is 14.8 Å². The molecular weight excluding hydrogens is 378 g/mol. The van der Waals surface area contributed by atoms with Crippen LogP contribution in [0.3, 0.4) is 0 Å². The van der Waals surface area contributed by atoms with Gasteiger partial charge in [0.05, 0.1) is 0 Å². The lowest BCUT2D eigenvalue weighted by Gasteiger charge is -2.19. The minimum absolute atomic E-state index is 0.0927. The molecule has 1 amide bonds. The monoisotopic (exact) mass is 403 g/mol. The van der Waals surface area contributed by atoms with Gasteiger partial charge in [-0.3, -0.25) is 9.59 Å². The lowest BCUT2D eigenvalue weighted by atomic mass is 9.94. The molecule has 0 atom stereocenters. The van der Waals surface area contributed by atoms with Gasteiger partial charge in [-0.15, -0.1) is 0 Å². The molecule has 5 nitrogen and oxygen atoms in total. The van der Waals surface area contributed by atoms with Crippen LogP contribution < -0.4 is 5.32 Å². The molecule has 0 heterocycles. The largest absolute Gasteiger partial charge is 0.356 e. The highest BCUT2D eigenvalue weighted by Crippen LogP contribution is 2.26. The van der Waals surface area contributed by atoms with Gasteiger partial charge >= 0.3 is 0 Å². The van der Waals surface area contributed by atoms with Crippen LogP contribution in [0.4, 0.5) is 5.69 Å². The summed E-state index contributed by atoms with van der Waals surface area (Å²) in [4.78, 5) is 25.8. The molecule has 0 saturated heterocycles. The van der Waals surface area contributed by atoms with Crippen molar-refractivity contribution in [3.63, 3.8) is 0 Å². The Labute approximate surface area is 176 Å². The second-order valence-corrected chi connectivity index (χ2v) is 6.94. The summed E-state index contributed by atoms with van der Waals surface area (Å²) < 4.78 is 10.7. The fourth-order valence-corrected chi connectivity index (χ4v) is 3.27. The van der Waals surface area contributed by atoms with Gasteiger partial charge in [0, 0.05) is 43.0 Å². The molecule has 5 heteroatoms. The lowest BCUT2D eigenvalue weighted by Crippen LogP contribution is -2.20. The third kappa shape index (κ3) is 5.00. The molecule has 0 aliphatic rings. The minimum atomic E-state index is -0.465. The van der Waals surface area contributed by atoms with Crippen LogP contribution in [0.1, 0.15) is 37.4 Å². The van der Waals surface area contributed by atoms with Crippen LogP contribution in [0.15, 0.2) is 72.8 Å². The van der Waals surface area contributed by atoms with E-state index in [9.17, 15) is 9.59 Å². The van der Waals surface area contributed by atoms with E-state index < -0.39 is 6.29 Å². The van der Waals surface area contributed by atoms with Crippen molar-refractivity contribution < 1.29 is 19.1 Å². The van der Waals surface area contributed by atoms with Crippen LogP contribution in [0.2, 0.25) is 0 Å². The highest BCUT2D eigenvalue weighted by atomic mass is 16.7. The first-order chi connectivity index (χ1) is 14.5. The maximum atomic E-state index is 13.1. The number of rotatable bonds is 8. The quantitative estimate of drug-likeness (QED) is 0.440. The number of ether oxygens (including phenoxy) is 2. The third-order valence-corrected chi connectivity index (χ3v) is 4.93. The summed E-state index contributed by atoms with van der Waals surface area (Å²) in [5.74, 6) is -0.338. The van der Waals surface area contributed by atoms with E-state index in [2.05, 4.69) is 5.32 Å². The number of benzene rings is 3. The van der Waals surface area contributed by atoms with Crippen molar-refractivity contribution in [3.05, 3.63) is 101 Å². The maximum absolute atomic E-state index is 13.1. The molecule has 0 aliphatic heterocycles. The molecule has 0 spiro atoms. The fraction of sp³-hybridized carbons (Fsp3) is 0.200. The van der Waals surface area contributed by atoms with Gasteiger partial charge in [-0.1, -0.05) is 54.6 Å². The number of aryl methyl sites for hydroxylation is 1. The van der Waals surface area contributed by atoms with E-state index in [0.29, 0.717) is 28.8 Å². The predicted molar refractivity (Wildman–Crippen MR) is 117 cm³/mol. The zero-order valence-electron chi connectivity index (χ0n) is 17.3. The average Bonchev–Trinajstić information content (AvgIpc) is 2.79. The first-order valence-electron chi connectivity index (χ1n) is 9.68. The average molecular weight is 403 g/mol. The van der Waals surface area contributed by atoms with E-state index in [-0.39, 0.29) is 11.7 Å². The van der Waals surface area contributed by atoms with E-state index in [4.69, 9.17) is 9.47 Å². The number of nitrogens with one attached hydrogen (secondary N) is 1. The first-order valence-corrected chi connectivity index (χ1v) is 9.68. The molecule has 154 valence electrons. The Morgan fingerprint density at radius 2 is 1.43 bits per heavy atom. The third-order valence-electron chi connectivity index (χ3n) is 4.93. The zero-order chi connectivity index (χ0) is 21.5. The predicted octanol–water partition coefficient (Wildman–Crippen LogP) is 4.64. The van der Waals surface area contributed by atoms with Crippen LogP contribution in [0.5, 0.6) is 0 Å². The van der Waals surface area contributed by atoms with E-state index in [1.54, 1.807) is 56.7 Å². The molecule has 3 aromatic carbocycles. The molecule has 0 saturated carbocycles. The second kappa shape index (κ2) is 9.96. The normalized spacial score (nSPS) is 10.8. The van der Waals surface area contributed by atoms with E-state index in [1.165, 1.54) is 0 Å². The van der Waals surface area contributed by atoms with Gasteiger partial charge in [0.2, 0.25) is 0 Å². The molecule has 3 aromatic rings. The number of carbonyl (C=O) groups excluding carboxylic acids is 2. The van der Waals surface area contributed by atoms with Crippen molar-refractivity contribution >= 4 is 17.4 Å². The van der Waals surface area contributed by atoms with Crippen LogP contribution in [0.25, 0.3) is 0 Å². The molecule has 0 fully saturated rings. The highest BCUT2D eigenvalue weighted by Gasteiger charge is 2.19. The summed E-state index contributed by atoms with van der Waals surface area (Å²) in [6.07, 6.45) is -0.0367. The Kier molecular flexibility index (Phi) is 7.12. The fourth-order valence-electron chi connectivity index (χ4n) is 3.27. The van der Waals surface area contributed by atoms with Crippen molar-refractivity contribution in [1.29, 1.82) is 0 Å². The number of hydrogen-bond acceptors (Lipinski definition) is 4. The number of carbonyl (C=O) groups is 2. The van der Waals surface area contributed by atoms with E-state index >= 15 is 0 Å². The smallest absolute Gasteiger partial charge is 0.255 e. The molecule has 0 unspecified atom stereocenters. The number of amides is 1. The molecule has 3 rings (SSSR count). The standard InChI is InChI=1S/C25H25NO4/c1-17-14-20(15-23(29-2)30-3)22(26-25(28)19-12-8-5-9-13-19)16-21(17)24(27)18-10-6-4-7-11-18/h4-14,16,23H,15H2,1-3H3,(H,26,28). The molecule has 0 radical (unpaired) electrons. The van der Waals surface area contributed by atoms with Crippen LogP contribution in [-0.4, -0.2) is 32.2 Å². The SMILES string of the molecule is COC(Cc1cc(C)c(C(=O)c2ccccc2)cc1NC(=O)c1ccccc1)OC. The van der Waals surface area contributed by atoms with Crippen LogP contribution in [-0.2, 0) is 15.9 Å². The van der Waals surface area contributed by atoms with Gasteiger partial charge in [0.15, 0.2) is 12.1 Å². The highest BCUT2D eigenvalue weighted by molar-refractivity contribution is 6.11. The molecule has 0 aromatic heterocycles. The Balaban J connectivity index is 2.01. The van der Waals surface area contributed by atoms with E-state index in [1.807, 2.05) is 37.3 Å². The Hall–Kier alpha value is -3.28. The van der Waals surface area contributed by atoms with Crippen LogP contribution >= 0.6 is 0 Å². The molecule has 0 aliphatic carbocycles. The Morgan fingerprint density at radius 3 is 2.00 bits per heavy atom. The number of methoxy groups -OCH3 is 2. The Bertz CT molecular complexity index is 1010. The minimum Gasteiger partial charge on any atom is -0.356 e. The van der Waals surface area contributed by atoms with Crippen LogP contribution in [0, 0.1) is 6.92 Å². The summed E-state index contributed by atoms with van der Waals surface area (Å²) >= 11 is 0. The van der Waals surface area contributed by atoms with Crippen molar-refractivity contribution in [3.8, 4) is 0 Å². The summed E-state index contributed by atoms with van der Waals surface area (Å²) in [5.41, 5.74) is 3.89. The summed E-state index contributed by atoms with van der Waals surface area (Å²) in [6.45, 7) is 1.89. The zero-order valence-corrected chi connectivity index (χ0v) is 17.3.